The summed E-state index contributed by atoms with van der Waals surface area (Å²) >= 11 is 6.07. The number of pyridine rings is 1. The van der Waals surface area contributed by atoms with E-state index in [0.29, 0.717) is 11.3 Å². The van der Waals surface area contributed by atoms with Crippen LogP contribution in [-0.2, 0) is 22.7 Å². The molecule has 0 saturated carbocycles. The molecular weight excluding hydrogens is 545 g/mol. The first-order chi connectivity index (χ1) is 17.8. The second kappa shape index (κ2) is 9.17. The molecule has 0 radical (unpaired) electrons. The van der Waals surface area contributed by atoms with E-state index in [1.807, 2.05) is 0 Å². The van der Waals surface area contributed by atoms with E-state index in [9.17, 15) is 31.2 Å². The zero-order valence-corrected chi connectivity index (χ0v) is 20.9. The molecular formula is C26H18ClF3N2O5S. The second-order valence-electron chi connectivity index (χ2n) is 8.85. The standard InChI is InChI=1S/C26H18ClF3N2O5S/c27-17-5-10-21-20(13-17)25(34)24-22(32(21)37-38(35,36)19-8-6-18(31)7-9-19)11-15(12-23(24)33)14-1-3-16(4-2-14)26(28,29)30/h1-10,13,15H,11-12,31H2. The molecule has 38 heavy (non-hydrogen) atoms. The fourth-order valence-corrected chi connectivity index (χ4v) is 5.62. The van der Waals surface area contributed by atoms with E-state index >= 15 is 0 Å². The molecule has 0 saturated heterocycles. The third-order valence-electron chi connectivity index (χ3n) is 6.38. The van der Waals surface area contributed by atoms with Crippen LogP contribution in [0.15, 0.2) is 76.4 Å². The number of halogens is 4. The number of nitrogens with two attached hydrogens (primary N) is 1. The van der Waals surface area contributed by atoms with Gasteiger partial charge in [0.1, 0.15) is 4.90 Å². The van der Waals surface area contributed by atoms with Gasteiger partial charge < -0.3 is 5.73 Å². The topological polar surface area (TPSA) is 108 Å². The maximum atomic E-state index is 13.3. The Balaban J connectivity index is 1.67. The summed E-state index contributed by atoms with van der Waals surface area (Å²) < 4.78 is 71.9. The minimum absolute atomic E-state index is 0.00927. The molecule has 1 unspecified atom stereocenters. The Morgan fingerprint density at radius 3 is 2.24 bits per heavy atom. The number of benzene rings is 3. The number of hydrogen-bond acceptors (Lipinski definition) is 6. The Morgan fingerprint density at radius 1 is 0.947 bits per heavy atom. The summed E-state index contributed by atoms with van der Waals surface area (Å²) in [6.07, 6.45) is -4.74. The number of carbonyl (C=O) groups excluding carboxylic acids is 1. The molecule has 0 amide bonds. The average Bonchev–Trinajstić information content (AvgIpc) is 2.86. The number of Topliss-reactive ketones (excluding diaryl/α,β-unsaturated/α-hetero) is 1. The van der Waals surface area contributed by atoms with Crippen molar-refractivity contribution in [2.45, 2.75) is 29.8 Å². The lowest BCUT2D eigenvalue weighted by Crippen LogP contribution is -2.34. The third kappa shape index (κ3) is 4.63. The molecule has 4 aromatic rings. The van der Waals surface area contributed by atoms with E-state index in [-0.39, 0.29) is 44.9 Å². The normalized spacial score (nSPS) is 15.9. The Hall–Kier alpha value is -3.83. The van der Waals surface area contributed by atoms with Crippen molar-refractivity contribution in [3.05, 3.63) is 104 Å². The third-order valence-corrected chi connectivity index (χ3v) is 7.81. The van der Waals surface area contributed by atoms with Crippen molar-refractivity contribution in [2.75, 3.05) is 5.73 Å². The van der Waals surface area contributed by atoms with Gasteiger partial charge in [0.25, 0.3) is 0 Å². The highest BCUT2D eigenvalue weighted by molar-refractivity contribution is 7.87. The lowest BCUT2D eigenvalue weighted by atomic mass is 9.81. The van der Waals surface area contributed by atoms with E-state index < -0.39 is 39.0 Å². The predicted octanol–water partition coefficient (Wildman–Crippen LogP) is 4.99. The van der Waals surface area contributed by atoms with E-state index in [1.54, 1.807) is 0 Å². The summed E-state index contributed by atoms with van der Waals surface area (Å²) in [6.45, 7) is 0. The molecule has 1 aromatic heterocycles. The zero-order valence-electron chi connectivity index (χ0n) is 19.3. The van der Waals surface area contributed by atoms with Gasteiger partial charge in [-0.2, -0.15) is 26.3 Å². The van der Waals surface area contributed by atoms with Gasteiger partial charge in [-0.3, -0.25) is 13.9 Å². The number of hydrogen-bond donors (Lipinski definition) is 1. The van der Waals surface area contributed by atoms with Crippen molar-refractivity contribution in [3.8, 4) is 0 Å². The Bertz CT molecular complexity index is 1750. The van der Waals surface area contributed by atoms with Gasteiger partial charge in [-0.1, -0.05) is 23.7 Å². The average molecular weight is 563 g/mol. The van der Waals surface area contributed by atoms with Crippen LogP contribution in [0.4, 0.5) is 18.9 Å². The summed E-state index contributed by atoms with van der Waals surface area (Å²) in [7, 11) is -4.46. The minimum Gasteiger partial charge on any atom is -0.399 e. The maximum Gasteiger partial charge on any atom is 0.416 e. The molecule has 0 bridgehead atoms. The number of alkyl halides is 3. The Labute approximate surface area is 219 Å². The minimum atomic E-state index is -4.53. The first-order valence-electron chi connectivity index (χ1n) is 11.2. The van der Waals surface area contributed by atoms with Gasteiger partial charge in [-0.05, 0) is 72.5 Å². The molecule has 196 valence electrons. The lowest BCUT2D eigenvalue weighted by Gasteiger charge is -2.27. The van der Waals surface area contributed by atoms with Crippen LogP contribution in [0.25, 0.3) is 10.9 Å². The molecule has 0 fully saturated rings. The van der Waals surface area contributed by atoms with Crippen molar-refractivity contribution in [3.63, 3.8) is 0 Å². The molecule has 0 spiro atoms. The molecule has 2 N–H and O–H groups in total. The highest BCUT2D eigenvalue weighted by Gasteiger charge is 2.35. The number of rotatable bonds is 4. The van der Waals surface area contributed by atoms with Crippen LogP contribution >= 0.6 is 11.6 Å². The predicted molar refractivity (Wildman–Crippen MR) is 135 cm³/mol. The van der Waals surface area contributed by atoms with Crippen molar-refractivity contribution < 1.29 is 30.7 Å². The number of fused-ring (bicyclic) bond motifs is 2. The van der Waals surface area contributed by atoms with Crippen LogP contribution in [-0.4, -0.2) is 18.9 Å². The first-order valence-corrected chi connectivity index (χ1v) is 13.0. The second-order valence-corrected chi connectivity index (χ2v) is 10.8. The van der Waals surface area contributed by atoms with Crippen LogP contribution in [0.2, 0.25) is 5.02 Å². The van der Waals surface area contributed by atoms with Gasteiger partial charge in [0.05, 0.1) is 27.7 Å². The fourth-order valence-electron chi connectivity index (χ4n) is 4.52. The lowest BCUT2D eigenvalue weighted by molar-refractivity contribution is -0.137. The number of anilines is 1. The smallest absolute Gasteiger partial charge is 0.399 e. The largest absolute Gasteiger partial charge is 0.416 e. The van der Waals surface area contributed by atoms with E-state index in [0.717, 1.165) is 16.9 Å². The SMILES string of the molecule is Nc1ccc(S(=O)(=O)On2c3c(c(=O)c4cc(Cl)ccc42)C(=O)CC(c2ccc(C(F)(F)F)cc2)C3)cc1. The molecule has 1 aliphatic carbocycles. The van der Waals surface area contributed by atoms with Gasteiger partial charge in [0.15, 0.2) is 5.78 Å². The highest BCUT2D eigenvalue weighted by atomic mass is 35.5. The molecule has 1 atom stereocenters. The van der Waals surface area contributed by atoms with Crippen molar-refractivity contribution in [2.24, 2.45) is 0 Å². The first kappa shape index (κ1) is 25.8. The van der Waals surface area contributed by atoms with E-state index in [1.165, 1.54) is 54.6 Å². The van der Waals surface area contributed by atoms with E-state index in [4.69, 9.17) is 21.6 Å². The van der Waals surface area contributed by atoms with Crippen molar-refractivity contribution >= 4 is 44.1 Å². The molecule has 3 aromatic carbocycles. The van der Waals surface area contributed by atoms with Crippen LogP contribution < -0.4 is 15.4 Å². The molecule has 12 heteroatoms. The van der Waals surface area contributed by atoms with Crippen molar-refractivity contribution in [1.82, 2.24) is 4.73 Å². The maximum absolute atomic E-state index is 13.3. The van der Waals surface area contributed by atoms with Crippen LogP contribution in [0.1, 0.15) is 39.5 Å². The molecule has 0 aliphatic heterocycles. The van der Waals surface area contributed by atoms with Gasteiger partial charge in [-0.15, -0.1) is 0 Å². The number of nitrogen functional groups attached to an aromatic ring is 1. The van der Waals surface area contributed by atoms with Gasteiger partial charge in [-0.25, -0.2) is 0 Å². The zero-order chi connectivity index (χ0) is 27.4. The number of ketones is 1. The molecule has 1 heterocycles. The number of nitrogens with zero attached hydrogens (tertiary/aromatic N) is 1. The highest BCUT2D eigenvalue weighted by Crippen LogP contribution is 2.36. The Morgan fingerprint density at radius 2 is 1.61 bits per heavy atom. The summed E-state index contributed by atoms with van der Waals surface area (Å²) in [6, 6.07) is 13.7. The quantitative estimate of drug-likeness (QED) is 0.351. The Kier molecular flexibility index (Phi) is 6.23. The van der Waals surface area contributed by atoms with Gasteiger partial charge >= 0.3 is 16.3 Å². The number of aromatic nitrogens is 1. The summed E-state index contributed by atoms with van der Waals surface area (Å²) in [5, 5.41) is 0.165. The van der Waals surface area contributed by atoms with Crippen molar-refractivity contribution in [1.29, 1.82) is 0 Å². The monoisotopic (exact) mass is 562 g/mol. The molecule has 1 aliphatic rings. The van der Waals surface area contributed by atoms with Gasteiger partial charge in [0, 0.05) is 17.1 Å². The van der Waals surface area contributed by atoms with Gasteiger partial charge in [0.2, 0.25) is 5.43 Å². The summed E-state index contributed by atoms with van der Waals surface area (Å²) in [5.74, 6) is -1.22. The summed E-state index contributed by atoms with van der Waals surface area (Å²) in [5.41, 5.74) is 4.71. The summed E-state index contributed by atoms with van der Waals surface area (Å²) in [4.78, 5) is 26.3. The van der Waals surface area contributed by atoms with Crippen LogP contribution in [0.5, 0.6) is 0 Å². The fraction of sp³-hybridized carbons (Fsp3) is 0.154. The molecule has 7 nitrogen and oxygen atoms in total. The van der Waals surface area contributed by atoms with Crippen LogP contribution in [0, 0.1) is 0 Å². The van der Waals surface area contributed by atoms with E-state index in [2.05, 4.69) is 0 Å². The number of carbonyl (C=O) groups is 1. The molecule has 5 rings (SSSR count). The van der Waals surface area contributed by atoms with Crippen LogP contribution in [0.3, 0.4) is 0 Å².